The fraction of sp³-hybridized carbons (Fsp3) is 0. The molecule has 0 aliphatic carbocycles. The minimum Gasteiger partial charge on any atom is -0.244 e. The summed E-state index contributed by atoms with van der Waals surface area (Å²) in [4.78, 5) is 0. The Balaban J connectivity index is 1.57. The van der Waals surface area contributed by atoms with Gasteiger partial charge in [-0.15, -0.1) is 5.10 Å². The predicted molar refractivity (Wildman–Crippen MR) is 146 cm³/mol. The molecule has 0 aliphatic rings. The van der Waals surface area contributed by atoms with Gasteiger partial charge < -0.3 is 0 Å². The van der Waals surface area contributed by atoms with Crippen LogP contribution in [0.25, 0.3) is 18.2 Å². The lowest BCUT2D eigenvalue weighted by Gasteiger charge is -2.01. The van der Waals surface area contributed by atoms with Crippen molar-refractivity contribution in [3.8, 4) is 0 Å². The monoisotopic (exact) mass is 446 g/mol. The van der Waals surface area contributed by atoms with E-state index in [2.05, 4.69) is 31.3 Å². The molecular weight excluding hydrogens is 420 g/mol. The van der Waals surface area contributed by atoms with Crippen molar-refractivity contribution in [1.82, 2.24) is 10.9 Å². The van der Waals surface area contributed by atoms with E-state index in [9.17, 15) is 0 Å². The predicted octanol–water partition coefficient (Wildman–Crippen LogP) is 5.62. The molecule has 3 rings (SSSR count). The number of hydrogen-bond donors (Lipinski definition) is 2. The second kappa shape index (κ2) is 15.0. The molecule has 168 valence electrons. The number of hydrazone groups is 2. The molecule has 0 saturated carbocycles. The summed E-state index contributed by atoms with van der Waals surface area (Å²) in [5.41, 5.74) is 8.87. The van der Waals surface area contributed by atoms with Gasteiger partial charge >= 0.3 is 0 Å². The zero-order chi connectivity index (χ0) is 23.5. The molecule has 0 aromatic heterocycles. The van der Waals surface area contributed by atoms with Crippen LogP contribution in [-0.4, -0.2) is 24.6 Å². The molecule has 34 heavy (non-hydrogen) atoms. The van der Waals surface area contributed by atoms with Gasteiger partial charge in [0.25, 0.3) is 5.96 Å². The Hall–Kier alpha value is -4.84. The van der Waals surface area contributed by atoms with Crippen molar-refractivity contribution in [2.24, 2.45) is 20.4 Å². The number of rotatable bonds is 9. The van der Waals surface area contributed by atoms with Crippen LogP contribution >= 0.6 is 0 Å². The average molecular weight is 447 g/mol. The maximum Gasteiger partial charge on any atom is 0.257 e. The summed E-state index contributed by atoms with van der Waals surface area (Å²) in [5.74, 6) is 0.276. The topological polar surface area (TPSA) is 73.5 Å². The molecule has 0 radical (unpaired) electrons. The van der Waals surface area contributed by atoms with Gasteiger partial charge in [-0.2, -0.15) is 15.3 Å². The zero-order valence-corrected chi connectivity index (χ0v) is 18.6. The first-order valence-corrected chi connectivity index (χ1v) is 10.7. The van der Waals surface area contributed by atoms with Crippen molar-refractivity contribution in [3.05, 3.63) is 126 Å². The molecule has 6 heteroatoms. The zero-order valence-electron chi connectivity index (χ0n) is 18.6. The Labute approximate surface area is 200 Å². The fourth-order valence-electron chi connectivity index (χ4n) is 2.64. The van der Waals surface area contributed by atoms with Crippen molar-refractivity contribution in [3.63, 3.8) is 0 Å². The molecule has 0 heterocycles. The quantitative estimate of drug-likeness (QED) is 0.254. The highest BCUT2D eigenvalue weighted by Gasteiger charge is 1.92. The molecule has 0 spiro atoms. The lowest BCUT2D eigenvalue weighted by Crippen LogP contribution is -2.30. The SMILES string of the molecule is C(/C=C/c1ccccc1)=N/NC(=N/N=C/C=C/c1ccccc1)N/N=C\C=C\c1ccccc1. The van der Waals surface area contributed by atoms with E-state index in [1.54, 1.807) is 18.6 Å². The van der Waals surface area contributed by atoms with Gasteiger partial charge in [0, 0.05) is 18.6 Å². The normalized spacial score (nSPS) is 12.0. The first-order valence-electron chi connectivity index (χ1n) is 10.7. The molecule has 0 bridgehead atoms. The van der Waals surface area contributed by atoms with Crippen LogP contribution in [0.4, 0.5) is 0 Å². The largest absolute Gasteiger partial charge is 0.257 e. The number of nitrogens with one attached hydrogen (secondary N) is 2. The van der Waals surface area contributed by atoms with Crippen molar-refractivity contribution in [2.75, 3.05) is 0 Å². The second-order valence-corrected chi connectivity index (χ2v) is 6.80. The highest BCUT2D eigenvalue weighted by atomic mass is 15.5. The summed E-state index contributed by atoms with van der Waals surface area (Å²) >= 11 is 0. The van der Waals surface area contributed by atoms with Gasteiger partial charge in [-0.1, -0.05) is 109 Å². The molecule has 0 amide bonds. The first kappa shape index (κ1) is 23.8. The molecule has 2 N–H and O–H groups in total. The fourth-order valence-corrected chi connectivity index (χ4v) is 2.64. The van der Waals surface area contributed by atoms with E-state index in [-0.39, 0.29) is 5.96 Å². The molecule has 0 atom stereocenters. The van der Waals surface area contributed by atoms with Crippen LogP contribution in [0.3, 0.4) is 0 Å². The number of nitrogens with zero attached hydrogens (tertiary/aromatic N) is 4. The van der Waals surface area contributed by atoms with Crippen LogP contribution < -0.4 is 10.9 Å². The minimum atomic E-state index is 0.276. The number of allylic oxidation sites excluding steroid dienone is 3. The second-order valence-electron chi connectivity index (χ2n) is 6.80. The highest BCUT2D eigenvalue weighted by Crippen LogP contribution is 2.01. The Kier molecular flexibility index (Phi) is 10.5. The summed E-state index contributed by atoms with van der Waals surface area (Å²) in [6.45, 7) is 0. The average Bonchev–Trinajstić information content (AvgIpc) is 2.89. The van der Waals surface area contributed by atoms with Gasteiger partial charge in [-0.05, 0) is 34.9 Å². The van der Waals surface area contributed by atoms with Crippen molar-refractivity contribution < 1.29 is 0 Å². The van der Waals surface area contributed by atoms with Crippen molar-refractivity contribution in [2.45, 2.75) is 0 Å². The summed E-state index contributed by atoms with van der Waals surface area (Å²) in [5, 5.41) is 16.4. The molecule has 0 saturated heterocycles. The maximum absolute atomic E-state index is 4.14. The minimum absolute atomic E-state index is 0.276. The van der Waals surface area contributed by atoms with E-state index in [0.717, 1.165) is 16.7 Å². The smallest absolute Gasteiger partial charge is 0.244 e. The van der Waals surface area contributed by atoms with Crippen molar-refractivity contribution in [1.29, 1.82) is 0 Å². The van der Waals surface area contributed by atoms with Crippen molar-refractivity contribution >= 4 is 42.8 Å². The van der Waals surface area contributed by atoms with Gasteiger partial charge in [-0.3, -0.25) is 0 Å². The van der Waals surface area contributed by atoms with Crippen LogP contribution in [0, 0.1) is 0 Å². The van der Waals surface area contributed by atoms with E-state index in [4.69, 9.17) is 0 Å². The first-order chi connectivity index (χ1) is 16.9. The number of guanidine groups is 1. The van der Waals surface area contributed by atoms with Crippen LogP contribution in [-0.2, 0) is 0 Å². The summed E-state index contributed by atoms with van der Waals surface area (Å²) < 4.78 is 0. The summed E-state index contributed by atoms with van der Waals surface area (Å²) in [7, 11) is 0. The van der Waals surface area contributed by atoms with E-state index in [0.29, 0.717) is 0 Å². The standard InChI is InChI=1S/C28H26N6/c1-4-13-25(14-5-1)19-10-22-29-32-28(33-30-23-11-20-26-15-6-2-7-16-26)34-31-24-12-21-27-17-8-3-9-18-27/h1-24H,(H2,32,33,34)/b19-10+,20-11+,21-12+,29-22-,30-23-,31-24+. The molecule has 0 aliphatic heterocycles. The van der Waals surface area contributed by atoms with Gasteiger partial charge in [0.1, 0.15) is 0 Å². The summed E-state index contributed by atoms with van der Waals surface area (Å²) in [6.07, 6.45) is 16.2. The number of hydrogen-bond acceptors (Lipinski definition) is 4. The summed E-state index contributed by atoms with van der Waals surface area (Å²) in [6, 6.07) is 29.9. The van der Waals surface area contributed by atoms with Gasteiger partial charge in [0.15, 0.2) is 0 Å². The Bertz CT molecular complexity index is 1110. The number of benzene rings is 3. The van der Waals surface area contributed by atoms with Gasteiger partial charge in [0.2, 0.25) is 0 Å². The lowest BCUT2D eigenvalue weighted by atomic mass is 10.2. The third-order valence-electron chi connectivity index (χ3n) is 4.24. The highest BCUT2D eigenvalue weighted by molar-refractivity contribution is 5.85. The Morgan fingerprint density at radius 1 is 0.500 bits per heavy atom. The van der Waals surface area contributed by atoms with E-state index in [1.165, 1.54) is 0 Å². The Morgan fingerprint density at radius 3 is 1.29 bits per heavy atom. The molecule has 0 unspecified atom stereocenters. The molecule has 6 nitrogen and oxygen atoms in total. The third-order valence-corrected chi connectivity index (χ3v) is 4.24. The van der Waals surface area contributed by atoms with E-state index in [1.807, 2.05) is 127 Å². The molecular formula is C28H26N6. The lowest BCUT2D eigenvalue weighted by molar-refractivity contribution is 0.891. The van der Waals surface area contributed by atoms with Crippen LogP contribution in [0.15, 0.2) is 130 Å². The van der Waals surface area contributed by atoms with Gasteiger partial charge in [0.05, 0.1) is 0 Å². The Morgan fingerprint density at radius 2 is 0.882 bits per heavy atom. The van der Waals surface area contributed by atoms with Crippen LogP contribution in [0.2, 0.25) is 0 Å². The third kappa shape index (κ3) is 9.98. The van der Waals surface area contributed by atoms with Crippen LogP contribution in [0.1, 0.15) is 16.7 Å². The maximum atomic E-state index is 4.14. The van der Waals surface area contributed by atoms with Gasteiger partial charge in [-0.25, -0.2) is 10.9 Å². The van der Waals surface area contributed by atoms with Crippen LogP contribution in [0.5, 0.6) is 0 Å². The molecule has 0 fully saturated rings. The van der Waals surface area contributed by atoms with E-state index < -0.39 is 0 Å². The molecule has 3 aromatic rings. The van der Waals surface area contributed by atoms with E-state index >= 15 is 0 Å². The molecule has 3 aromatic carbocycles.